The topological polar surface area (TPSA) is 54.0 Å². The van der Waals surface area contributed by atoms with Crippen LogP contribution in [0.5, 0.6) is 17.2 Å². The summed E-state index contributed by atoms with van der Waals surface area (Å²) in [6.45, 7) is 6.35. The van der Waals surface area contributed by atoms with Crippen LogP contribution < -0.4 is 14.2 Å². The molecule has 1 aliphatic carbocycles. The number of aryl methyl sites for hydroxylation is 1. The number of esters is 1. The Morgan fingerprint density at radius 1 is 0.673 bits per heavy atom. The van der Waals surface area contributed by atoms with Gasteiger partial charge in [-0.05, 0) is 123 Å². The van der Waals surface area contributed by atoms with Gasteiger partial charge in [-0.3, -0.25) is 4.79 Å². The summed E-state index contributed by atoms with van der Waals surface area (Å²) in [5.41, 5.74) is 3.02. The third kappa shape index (κ3) is 14.6. The van der Waals surface area contributed by atoms with E-state index in [1.54, 1.807) is 24.3 Å². The average molecular weight is 675 g/mol. The van der Waals surface area contributed by atoms with Crippen LogP contribution in [-0.2, 0) is 16.0 Å². The SMILES string of the molecule is CCCCCC(=O)Oc1ccc(OCCCc2ccc(-c3ccc(OCCCCCCOC4CCC(CCCC)CC4)c(F)c3)cc2)cc1. The van der Waals surface area contributed by atoms with Crippen LogP contribution in [0.1, 0.15) is 122 Å². The summed E-state index contributed by atoms with van der Waals surface area (Å²) < 4.78 is 38.0. The predicted octanol–water partition coefficient (Wildman–Crippen LogP) is 11.7. The van der Waals surface area contributed by atoms with Crippen LogP contribution in [0.25, 0.3) is 11.1 Å². The van der Waals surface area contributed by atoms with Gasteiger partial charge in [-0.1, -0.05) is 82.7 Å². The van der Waals surface area contributed by atoms with Gasteiger partial charge in [-0.25, -0.2) is 4.39 Å². The zero-order valence-electron chi connectivity index (χ0n) is 30.1. The van der Waals surface area contributed by atoms with Crippen molar-refractivity contribution >= 4 is 5.97 Å². The molecular weight excluding hydrogens is 615 g/mol. The summed E-state index contributed by atoms with van der Waals surface area (Å²) in [5, 5.41) is 0. The standard InChI is InChI=1S/C43H59FO5/c1-3-5-9-15-43(45)49-40-27-25-39(26-28-40)47-32-12-14-35-16-20-36(21-17-35)37-22-29-42(41(44)33-37)48-31-11-8-7-10-30-46-38-23-18-34(19-24-38)13-6-4-2/h16-17,20-22,25-29,33-34,38H,3-15,18-19,23-24,30-32H2,1-2H3. The van der Waals surface area contributed by atoms with E-state index < -0.39 is 0 Å². The molecule has 0 aliphatic heterocycles. The highest BCUT2D eigenvalue weighted by Crippen LogP contribution is 2.30. The van der Waals surface area contributed by atoms with Crippen molar-refractivity contribution in [2.45, 2.75) is 129 Å². The lowest BCUT2D eigenvalue weighted by Gasteiger charge is -2.28. The normalized spacial score (nSPS) is 16.0. The van der Waals surface area contributed by atoms with Gasteiger partial charge in [0, 0.05) is 13.0 Å². The first-order valence-electron chi connectivity index (χ1n) is 19.1. The third-order valence-corrected chi connectivity index (χ3v) is 9.55. The van der Waals surface area contributed by atoms with Crippen molar-refractivity contribution in [1.29, 1.82) is 0 Å². The fourth-order valence-electron chi connectivity index (χ4n) is 6.50. The molecule has 0 amide bonds. The summed E-state index contributed by atoms with van der Waals surface area (Å²) in [6.07, 6.45) is 19.0. The maximum absolute atomic E-state index is 14.9. The second-order valence-electron chi connectivity index (χ2n) is 13.6. The van der Waals surface area contributed by atoms with E-state index in [-0.39, 0.29) is 11.8 Å². The first kappa shape index (κ1) is 38.4. The van der Waals surface area contributed by atoms with Gasteiger partial charge in [-0.2, -0.15) is 0 Å². The molecule has 0 radical (unpaired) electrons. The maximum atomic E-state index is 14.9. The van der Waals surface area contributed by atoms with Gasteiger partial charge >= 0.3 is 5.97 Å². The molecule has 0 aromatic heterocycles. The molecular formula is C43H59FO5. The van der Waals surface area contributed by atoms with E-state index in [0.29, 0.717) is 37.2 Å². The lowest BCUT2D eigenvalue weighted by atomic mass is 9.84. The fraction of sp³-hybridized carbons (Fsp3) is 0.558. The number of unbranched alkanes of at least 4 members (excludes halogenated alkanes) is 6. The van der Waals surface area contributed by atoms with Crippen LogP contribution in [0.3, 0.4) is 0 Å². The number of halogens is 1. The Morgan fingerprint density at radius 2 is 1.35 bits per heavy atom. The minimum Gasteiger partial charge on any atom is -0.494 e. The molecule has 1 saturated carbocycles. The summed E-state index contributed by atoms with van der Waals surface area (Å²) >= 11 is 0. The highest BCUT2D eigenvalue weighted by molar-refractivity contribution is 5.72. The predicted molar refractivity (Wildman–Crippen MR) is 197 cm³/mol. The Hall–Kier alpha value is -3.38. The van der Waals surface area contributed by atoms with Crippen LogP contribution in [0.15, 0.2) is 66.7 Å². The molecule has 0 spiro atoms. The van der Waals surface area contributed by atoms with Crippen molar-refractivity contribution < 1.29 is 28.1 Å². The second-order valence-corrected chi connectivity index (χ2v) is 13.6. The summed E-state index contributed by atoms with van der Waals surface area (Å²) in [7, 11) is 0. The first-order chi connectivity index (χ1) is 24.0. The zero-order valence-corrected chi connectivity index (χ0v) is 30.1. The van der Waals surface area contributed by atoms with Gasteiger partial charge in [0.15, 0.2) is 11.6 Å². The number of carbonyl (C=O) groups is 1. The Balaban J connectivity index is 1.06. The molecule has 0 heterocycles. The first-order valence-corrected chi connectivity index (χ1v) is 19.1. The van der Waals surface area contributed by atoms with Gasteiger partial charge in [-0.15, -0.1) is 0 Å². The minimum absolute atomic E-state index is 0.192. The van der Waals surface area contributed by atoms with E-state index in [2.05, 4.69) is 26.0 Å². The molecule has 0 unspecified atom stereocenters. The minimum atomic E-state index is -0.324. The largest absolute Gasteiger partial charge is 0.494 e. The lowest BCUT2D eigenvalue weighted by Crippen LogP contribution is -2.22. The van der Waals surface area contributed by atoms with E-state index in [9.17, 15) is 9.18 Å². The molecule has 3 aromatic rings. The average Bonchev–Trinajstić information content (AvgIpc) is 3.12. The Kier molecular flexibility index (Phi) is 17.5. The highest BCUT2D eigenvalue weighted by atomic mass is 19.1. The van der Waals surface area contributed by atoms with E-state index in [4.69, 9.17) is 18.9 Å². The molecule has 268 valence electrons. The molecule has 0 bridgehead atoms. The monoisotopic (exact) mass is 674 g/mol. The van der Waals surface area contributed by atoms with E-state index >= 15 is 0 Å². The molecule has 4 rings (SSSR count). The van der Waals surface area contributed by atoms with Crippen LogP contribution in [0.4, 0.5) is 4.39 Å². The Bertz CT molecular complexity index is 1330. The van der Waals surface area contributed by atoms with Gasteiger partial charge in [0.1, 0.15) is 11.5 Å². The third-order valence-electron chi connectivity index (χ3n) is 9.55. The molecule has 0 atom stereocenters. The van der Waals surface area contributed by atoms with Crippen molar-refractivity contribution in [3.8, 4) is 28.4 Å². The fourth-order valence-corrected chi connectivity index (χ4v) is 6.50. The van der Waals surface area contributed by atoms with Gasteiger partial charge in [0.2, 0.25) is 0 Å². The molecule has 6 heteroatoms. The Labute approximate surface area is 294 Å². The molecule has 49 heavy (non-hydrogen) atoms. The number of hydrogen-bond donors (Lipinski definition) is 0. The van der Waals surface area contributed by atoms with E-state index in [0.717, 1.165) is 87.2 Å². The quantitative estimate of drug-likeness (QED) is 0.0569. The van der Waals surface area contributed by atoms with Gasteiger partial charge in [0.05, 0.1) is 19.3 Å². The van der Waals surface area contributed by atoms with Crippen molar-refractivity contribution in [2.24, 2.45) is 5.92 Å². The van der Waals surface area contributed by atoms with Crippen LogP contribution in [-0.4, -0.2) is 31.9 Å². The van der Waals surface area contributed by atoms with Crippen molar-refractivity contribution in [3.05, 3.63) is 78.1 Å². The molecule has 1 aliphatic rings. The number of hydrogen-bond acceptors (Lipinski definition) is 5. The molecule has 3 aromatic carbocycles. The summed E-state index contributed by atoms with van der Waals surface area (Å²) in [6, 6.07) is 20.7. The summed E-state index contributed by atoms with van der Waals surface area (Å²) in [5.74, 6) is 2.02. The van der Waals surface area contributed by atoms with Crippen molar-refractivity contribution in [1.82, 2.24) is 0 Å². The molecule has 5 nitrogen and oxygen atoms in total. The van der Waals surface area contributed by atoms with Crippen molar-refractivity contribution in [2.75, 3.05) is 19.8 Å². The number of benzene rings is 3. The zero-order chi connectivity index (χ0) is 34.5. The smallest absolute Gasteiger partial charge is 0.311 e. The molecule has 0 saturated heterocycles. The summed E-state index contributed by atoms with van der Waals surface area (Å²) in [4.78, 5) is 11.9. The van der Waals surface area contributed by atoms with Gasteiger partial charge < -0.3 is 18.9 Å². The van der Waals surface area contributed by atoms with Crippen molar-refractivity contribution in [3.63, 3.8) is 0 Å². The Morgan fingerprint density at radius 3 is 2.06 bits per heavy atom. The number of carbonyl (C=O) groups excluding carboxylic acids is 1. The number of ether oxygens (including phenoxy) is 4. The van der Waals surface area contributed by atoms with Crippen LogP contribution >= 0.6 is 0 Å². The van der Waals surface area contributed by atoms with E-state index in [1.165, 1.54) is 50.5 Å². The van der Waals surface area contributed by atoms with E-state index in [1.807, 2.05) is 30.3 Å². The molecule has 0 N–H and O–H groups in total. The second kappa shape index (κ2) is 22.4. The van der Waals surface area contributed by atoms with Crippen LogP contribution in [0.2, 0.25) is 0 Å². The van der Waals surface area contributed by atoms with Crippen LogP contribution in [0, 0.1) is 11.7 Å². The molecule has 1 fully saturated rings. The van der Waals surface area contributed by atoms with Gasteiger partial charge in [0.25, 0.3) is 0 Å². The lowest BCUT2D eigenvalue weighted by molar-refractivity contribution is -0.134. The highest BCUT2D eigenvalue weighted by Gasteiger charge is 2.21. The maximum Gasteiger partial charge on any atom is 0.311 e. The number of rotatable bonds is 23.